The zero-order chi connectivity index (χ0) is 29.0. The number of rotatable bonds is 4. The quantitative estimate of drug-likeness (QED) is 0.210. The van der Waals surface area contributed by atoms with Crippen molar-refractivity contribution in [2.75, 3.05) is 0 Å². The van der Waals surface area contributed by atoms with Crippen molar-refractivity contribution >= 4 is 43.6 Å². The lowest BCUT2D eigenvalue weighted by Crippen LogP contribution is -1.97. The van der Waals surface area contributed by atoms with Gasteiger partial charge in [-0.05, 0) is 76.5 Å². The Labute approximate surface area is 254 Å². The number of aromatic nitrogens is 3. The van der Waals surface area contributed by atoms with Crippen LogP contribution in [0.25, 0.3) is 77.5 Å². The highest BCUT2D eigenvalue weighted by atomic mass is 15.1. The minimum atomic E-state index is 0.945. The molecule has 0 bridgehead atoms. The van der Waals surface area contributed by atoms with Crippen molar-refractivity contribution in [3.05, 3.63) is 164 Å². The fourth-order valence-corrected chi connectivity index (χ4v) is 6.62. The van der Waals surface area contributed by atoms with Crippen LogP contribution in [-0.4, -0.2) is 14.1 Å². The van der Waals surface area contributed by atoms with Crippen LogP contribution in [0.15, 0.2) is 164 Å². The highest BCUT2D eigenvalue weighted by Gasteiger charge is 2.18. The third-order valence-corrected chi connectivity index (χ3v) is 8.68. The SMILES string of the molecule is c1ccc(-c2ccc(-n3c4ccccc4c4cc5cc6nc(-c7ccccc7)n(-c7ccccc7)c6cc5cc43)cc2)cc1. The molecule has 206 valence electrons. The van der Waals surface area contributed by atoms with E-state index < -0.39 is 0 Å². The summed E-state index contributed by atoms with van der Waals surface area (Å²) in [5.74, 6) is 0.945. The number of fused-ring (bicyclic) bond motifs is 5. The molecule has 9 rings (SSSR count). The highest BCUT2D eigenvalue weighted by Crippen LogP contribution is 2.38. The average Bonchev–Trinajstić information content (AvgIpc) is 3.62. The van der Waals surface area contributed by atoms with Gasteiger partial charge in [0.25, 0.3) is 0 Å². The Morgan fingerprint density at radius 1 is 0.364 bits per heavy atom. The van der Waals surface area contributed by atoms with Crippen LogP contribution in [0.1, 0.15) is 0 Å². The zero-order valence-electron chi connectivity index (χ0n) is 23.9. The Hall–Kier alpha value is -5.93. The van der Waals surface area contributed by atoms with E-state index in [1.165, 1.54) is 43.7 Å². The maximum Gasteiger partial charge on any atom is 0.145 e. The fraction of sp³-hybridized carbons (Fsp3) is 0. The Balaban J connectivity index is 1.30. The van der Waals surface area contributed by atoms with Gasteiger partial charge in [-0.2, -0.15) is 0 Å². The number of nitrogens with zero attached hydrogens (tertiary/aromatic N) is 3. The van der Waals surface area contributed by atoms with Crippen LogP contribution in [0.3, 0.4) is 0 Å². The maximum atomic E-state index is 5.20. The lowest BCUT2D eigenvalue weighted by atomic mass is 10.0. The first kappa shape index (κ1) is 24.6. The van der Waals surface area contributed by atoms with Crippen LogP contribution < -0.4 is 0 Å². The molecule has 3 heteroatoms. The number of para-hydroxylation sites is 2. The minimum absolute atomic E-state index is 0.945. The Bertz CT molecular complexity index is 2450. The largest absolute Gasteiger partial charge is 0.309 e. The molecule has 9 aromatic rings. The summed E-state index contributed by atoms with van der Waals surface area (Å²) >= 11 is 0. The second kappa shape index (κ2) is 9.82. The van der Waals surface area contributed by atoms with Crippen molar-refractivity contribution in [1.29, 1.82) is 0 Å². The van der Waals surface area contributed by atoms with Gasteiger partial charge >= 0.3 is 0 Å². The van der Waals surface area contributed by atoms with Gasteiger partial charge < -0.3 is 4.57 Å². The van der Waals surface area contributed by atoms with Gasteiger partial charge in [-0.3, -0.25) is 4.57 Å². The lowest BCUT2D eigenvalue weighted by molar-refractivity contribution is 1.10. The second-order valence-corrected chi connectivity index (χ2v) is 11.3. The van der Waals surface area contributed by atoms with E-state index >= 15 is 0 Å². The molecule has 0 saturated carbocycles. The van der Waals surface area contributed by atoms with Crippen molar-refractivity contribution in [3.63, 3.8) is 0 Å². The number of hydrogen-bond donors (Lipinski definition) is 0. The summed E-state index contributed by atoms with van der Waals surface area (Å²) in [4.78, 5) is 5.20. The van der Waals surface area contributed by atoms with Crippen LogP contribution in [0.4, 0.5) is 0 Å². The zero-order valence-corrected chi connectivity index (χ0v) is 23.9. The predicted molar refractivity (Wildman–Crippen MR) is 184 cm³/mol. The maximum absolute atomic E-state index is 5.20. The van der Waals surface area contributed by atoms with Gasteiger partial charge in [-0.15, -0.1) is 0 Å². The molecule has 0 radical (unpaired) electrons. The molecule has 44 heavy (non-hydrogen) atoms. The van der Waals surface area contributed by atoms with Gasteiger partial charge in [0.2, 0.25) is 0 Å². The summed E-state index contributed by atoms with van der Waals surface area (Å²) < 4.78 is 4.68. The van der Waals surface area contributed by atoms with Gasteiger partial charge in [0.1, 0.15) is 5.82 Å². The molecule has 0 saturated heterocycles. The molecule has 0 N–H and O–H groups in total. The molecular formula is C41H27N3. The van der Waals surface area contributed by atoms with E-state index in [1.54, 1.807) is 0 Å². The highest BCUT2D eigenvalue weighted by molar-refractivity contribution is 6.15. The van der Waals surface area contributed by atoms with Crippen molar-refractivity contribution < 1.29 is 0 Å². The second-order valence-electron chi connectivity index (χ2n) is 11.3. The molecule has 0 unspecified atom stereocenters. The summed E-state index contributed by atoms with van der Waals surface area (Å²) in [7, 11) is 0. The standard InChI is InChI=1S/C41H27N3/c1-4-12-28(13-5-1)29-20-22-34(23-21-29)43-38-19-11-10-18-35(38)36-24-31-25-37-40(27-32(31)26-39(36)43)44(33-16-8-3-9-17-33)41(42-37)30-14-6-2-7-15-30/h1-27H. The normalized spacial score (nSPS) is 11.6. The molecular weight excluding hydrogens is 534 g/mol. The molecule has 7 aromatic carbocycles. The van der Waals surface area contributed by atoms with Crippen molar-refractivity contribution in [2.45, 2.75) is 0 Å². The van der Waals surface area contributed by atoms with E-state index in [2.05, 4.69) is 167 Å². The predicted octanol–water partition coefficient (Wildman–Crippen LogP) is 10.6. The van der Waals surface area contributed by atoms with Gasteiger partial charge in [-0.1, -0.05) is 109 Å². The molecule has 0 aliphatic carbocycles. The van der Waals surface area contributed by atoms with Gasteiger partial charge in [-0.25, -0.2) is 4.98 Å². The summed E-state index contributed by atoms with van der Waals surface area (Å²) in [6, 6.07) is 58.4. The smallest absolute Gasteiger partial charge is 0.145 e. The fourth-order valence-electron chi connectivity index (χ4n) is 6.62. The average molecular weight is 562 g/mol. The Kier molecular flexibility index (Phi) is 5.50. The Morgan fingerprint density at radius 3 is 1.68 bits per heavy atom. The van der Waals surface area contributed by atoms with E-state index in [4.69, 9.17) is 4.98 Å². The van der Waals surface area contributed by atoms with Crippen LogP contribution in [-0.2, 0) is 0 Å². The molecule has 3 nitrogen and oxygen atoms in total. The van der Waals surface area contributed by atoms with Crippen LogP contribution >= 0.6 is 0 Å². The van der Waals surface area contributed by atoms with E-state index in [-0.39, 0.29) is 0 Å². The topological polar surface area (TPSA) is 22.8 Å². The summed E-state index contributed by atoms with van der Waals surface area (Å²) in [6.07, 6.45) is 0. The third kappa shape index (κ3) is 3.87. The summed E-state index contributed by atoms with van der Waals surface area (Å²) in [5.41, 5.74) is 10.3. The molecule has 0 aliphatic heterocycles. The Morgan fingerprint density at radius 2 is 0.932 bits per heavy atom. The molecule has 0 aliphatic rings. The molecule has 0 spiro atoms. The first-order chi connectivity index (χ1) is 21.8. The van der Waals surface area contributed by atoms with Crippen molar-refractivity contribution in [2.24, 2.45) is 0 Å². The van der Waals surface area contributed by atoms with Crippen LogP contribution in [0, 0.1) is 0 Å². The lowest BCUT2D eigenvalue weighted by Gasteiger charge is -2.11. The molecule has 0 amide bonds. The van der Waals surface area contributed by atoms with Gasteiger partial charge in [0.05, 0.1) is 22.1 Å². The molecule has 0 fully saturated rings. The van der Waals surface area contributed by atoms with E-state index in [0.29, 0.717) is 0 Å². The van der Waals surface area contributed by atoms with Crippen LogP contribution in [0.2, 0.25) is 0 Å². The van der Waals surface area contributed by atoms with Crippen LogP contribution in [0.5, 0.6) is 0 Å². The monoisotopic (exact) mass is 561 g/mol. The van der Waals surface area contributed by atoms with Gasteiger partial charge in [0, 0.05) is 27.7 Å². The first-order valence-electron chi connectivity index (χ1n) is 15.0. The first-order valence-corrected chi connectivity index (χ1v) is 15.0. The van der Waals surface area contributed by atoms with Crippen molar-refractivity contribution in [3.8, 4) is 33.9 Å². The molecule has 2 heterocycles. The van der Waals surface area contributed by atoms with E-state index in [1.807, 2.05) is 6.07 Å². The third-order valence-electron chi connectivity index (χ3n) is 8.68. The van der Waals surface area contributed by atoms with E-state index in [0.717, 1.165) is 33.8 Å². The summed E-state index contributed by atoms with van der Waals surface area (Å²) in [6.45, 7) is 0. The van der Waals surface area contributed by atoms with Crippen molar-refractivity contribution in [1.82, 2.24) is 14.1 Å². The minimum Gasteiger partial charge on any atom is -0.309 e. The van der Waals surface area contributed by atoms with Gasteiger partial charge in [0.15, 0.2) is 0 Å². The molecule has 0 atom stereocenters. The summed E-state index contributed by atoms with van der Waals surface area (Å²) in [5, 5.41) is 4.86. The number of imidazole rings is 1. The molecule has 2 aromatic heterocycles. The van der Waals surface area contributed by atoms with E-state index in [9.17, 15) is 0 Å². The number of hydrogen-bond acceptors (Lipinski definition) is 1. The number of benzene rings is 7.